The van der Waals surface area contributed by atoms with Gasteiger partial charge in [0, 0.05) is 16.0 Å². The number of phenols is 1. The van der Waals surface area contributed by atoms with E-state index < -0.39 is 0 Å². The molecule has 3 heteroatoms. The normalized spacial score (nSPS) is 10.5. The monoisotopic (exact) mass is 334 g/mol. The zero-order chi connectivity index (χ0) is 16.9. The minimum Gasteiger partial charge on any atom is -0.508 e. The molecule has 0 bridgehead atoms. The number of carbonyl (C=O) groups is 1. The molecule has 120 valence electrons. The van der Waals surface area contributed by atoms with Gasteiger partial charge in [0.15, 0.2) is 5.78 Å². The highest BCUT2D eigenvalue weighted by Gasteiger charge is 2.20. The number of ketones is 1. The van der Waals surface area contributed by atoms with Crippen LogP contribution in [0.2, 0.25) is 0 Å². The molecular formula is C21H18O2S. The number of hydrogen-bond donors (Lipinski definition) is 1. The molecule has 0 atom stereocenters. The van der Waals surface area contributed by atoms with Crippen molar-refractivity contribution in [3.63, 3.8) is 0 Å². The van der Waals surface area contributed by atoms with Crippen molar-refractivity contribution in [2.75, 3.05) is 5.75 Å². The smallest absolute Gasteiger partial charge is 0.194 e. The Balaban J connectivity index is 2.23. The minimum atomic E-state index is -0.0228. The molecule has 0 saturated carbocycles. The van der Waals surface area contributed by atoms with Crippen molar-refractivity contribution in [3.8, 4) is 16.9 Å². The van der Waals surface area contributed by atoms with E-state index in [2.05, 4.69) is 0 Å². The summed E-state index contributed by atoms with van der Waals surface area (Å²) in [5.41, 5.74) is 2.99. The van der Waals surface area contributed by atoms with Gasteiger partial charge in [-0.1, -0.05) is 67.6 Å². The molecule has 0 unspecified atom stereocenters. The van der Waals surface area contributed by atoms with Gasteiger partial charge in [0.05, 0.1) is 0 Å². The molecule has 0 aromatic heterocycles. The van der Waals surface area contributed by atoms with Crippen molar-refractivity contribution >= 4 is 17.5 Å². The highest BCUT2D eigenvalue weighted by Crippen LogP contribution is 2.37. The van der Waals surface area contributed by atoms with Crippen LogP contribution in [0.3, 0.4) is 0 Å². The third kappa shape index (κ3) is 3.36. The fourth-order valence-electron chi connectivity index (χ4n) is 2.68. The first kappa shape index (κ1) is 16.3. The van der Waals surface area contributed by atoms with Gasteiger partial charge in [-0.05, 0) is 29.0 Å². The van der Waals surface area contributed by atoms with Gasteiger partial charge in [0.1, 0.15) is 5.75 Å². The van der Waals surface area contributed by atoms with Gasteiger partial charge in [-0.25, -0.2) is 0 Å². The summed E-state index contributed by atoms with van der Waals surface area (Å²) in [6.07, 6.45) is 0. The Morgan fingerprint density at radius 1 is 0.958 bits per heavy atom. The topological polar surface area (TPSA) is 37.3 Å². The second-order valence-corrected chi connectivity index (χ2v) is 6.67. The van der Waals surface area contributed by atoms with Gasteiger partial charge in [-0.15, -0.1) is 11.8 Å². The summed E-state index contributed by atoms with van der Waals surface area (Å²) in [6.45, 7) is 2.04. The standard InChI is InChI=1S/C21H18O2S/c1-2-24-19-14-17(22)13-18(15-9-5-3-6-10-15)20(19)21(23)16-11-7-4-8-12-16/h3-14,22H,2H2,1H3. The zero-order valence-electron chi connectivity index (χ0n) is 13.4. The fraction of sp³-hybridized carbons (Fsp3) is 0.0952. The van der Waals surface area contributed by atoms with Gasteiger partial charge < -0.3 is 5.11 Å². The van der Waals surface area contributed by atoms with Crippen molar-refractivity contribution in [1.82, 2.24) is 0 Å². The van der Waals surface area contributed by atoms with Crippen LogP contribution >= 0.6 is 11.8 Å². The maximum atomic E-state index is 13.2. The first-order chi connectivity index (χ1) is 11.7. The number of rotatable bonds is 5. The number of carbonyl (C=O) groups excluding carboxylic acids is 1. The lowest BCUT2D eigenvalue weighted by molar-refractivity contribution is 0.103. The van der Waals surface area contributed by atoms with Gasteiger partial charge >= 0.3 is 0 Å². The first-order valence-electron chi connectivity index (χ1n) is 7.85. The molecule has 3 rings (SSSR count). The zero-order valence-corrected chi connectivity index (χ0v) is 14.2. The molecule has 3 aromatic carbocycles. The van der Waals surface area contributed by atoms with Crippen molar-refractivity contribution in [2.24, 2.45) is 0 Å². The molecule has 0 spiro atoms. The van der Waals surface area contributed by atoms with Gasteiger partial charge in [-0.2, -0.15) is 0 Å². The maximum absolute atomic E-state index is 13.2. The lowest BCUT2D eigenvalue weighted by Crippen LogP contribution is -2.06. The van der Waals surface area contributed by atoms with Crippen LogP contribution in [0.4, 0.5) is 0 Å². The van der Waals surface area contributed by atoms with Gasteiger partial charge in [0.2, 0.25) is 0 Å². The Kier molecular flexibility index (Phi) is 5.02. The molecule has 3 aromatic rings. The average Bonchev–Trinajstić information content (AvgIpc) is 2.62. The molecular weight excluding hydrogens is 316 g/mol. The Morgan fingerprint density at radius 2 is 1.58 bits per heavy atom. The molecule has 0 amide bonds. The Bertz CT molecular complexity index is 842. The highest BCUT2D eigenvalue weighted by molar-refractivity contribution is 7.99. The molecule has 2 nitrogen and oxygen atoms in total. The maximum Gasteiger partial charge on any atom is 0.194 e. The Hall–Kier alpha value is -2.52. The summed E-state index contributed by atoms with van der Waals surface area (Å²) in [5, 5.41) is 10.1. The van der Waals surface area contributed by atoms with E-state index in [1.54, 1.807) is 23.9 Å². The summed E-state index contributed by atoms with van der Waals surface area (Å²) in [7, 11) is 0. The summed E-state index contributed by atoms with van der Waals surface area (Å²) >= 11 is 1.57. The summed E-state index contributed by atoms with van der Waals surface area (Å²) < 4.78 is 0. The van der Waals surface area contributed by atoms with Crippen molar-refractivity contribution < 1.29 is 9.90 Å². The number of hydrogen-bond acceptors (Lipinski definition) is 3. The van der Waals surface area contributed by atoms with Crippen LogP contribution in [0.15, 0.2) is 77.7 Å². The summed E-state index contributed by atoms with van der Waals surface area (Å²) in [6, 6.07) is 22.3. The quantitative estimate of drug-likeness (QED) is 0.501. The van der Waals surface area contributed by atoms with Crippen LogP contribution in [0, 0.1) is 0 Å². The number of phenolic OH excluding ortho intramolecular Hbond substituents is 1. The molecule has 0 saturated heterocycles. The van der Waals surface area contributed by atoms with Crippen LogP contribution in [0.1, 0.15) is 22.8 Å². The van der Waals surface area contributed by atoms with E-state index in [0.717, 1.165) is 21.8 Å². The number of aromatic hydroxyl groups is 1. The number of thioether (sulfide) groups is 1. The van der Waals surface area contributed by atoms with Crippen molar-refractivity contribution in [1.29, 1.82) is 0 Å². The average molecular weight is 334 g/mol. The number of benzene rings is 3. The van der Waals surface area contributed by atoms with Gasteiger partial charge in [0.25, 0.3) is 0 Å². The lowest BCUT2D eigenvalue weighted by atomic mass is 9.93. The molecule has 0 radical (unpaired) electrons. The van der Waals surface area contributed by atoms with E-state index in [-0.39, 0.29) is 11.5 Å². The van der Waals surface area contributed by atoms with E-state index in [0.29, 0.717) is 11.1 Å². The van der Waals surface area contributed by atoms with E-state index in [1.807, 2.05) is 67.6 Å². The second kappa shape index (κ2) is 7.37. The van der Waals surface area contributed by atoms with Gasteiger partial charge in [-0.3, -0.25) is 4.79 Å². The largest absolute Gasteiger partial charge is 0.508 e. The second-order valence-electron chi connectivity index (χ2n) is 5.36. The predicted molar refractivity (Wildman–Crippen MR) is 99.8 cm³/mol. The Morgan fingerprint density at radius 3 is 2.21 bits per heavy atom. The Labute approximate surface area is 146 Å². The molecule has 1 N–H and O–H groups in total. The highest BCUT2D eigenvalue weighted by atomic mass is 32.2. The van der Waals surface area contributed by atoms with Crippen LogP contribution in [-0.4, -0.2) is 16.6 Å². The SMILES string of the molecule is CCSc1cc(O)cc(-c2ccccc2)c1C(=O)c1ccccc1. The minimum absolute atomic E-state index is 0.0228. The van der Waals surface area contributed by atoms with Crippen LogP contribution in [0.25, 0.3) is 11.1 Å². The van der Waals surface area contributed by atoms with E-state index in [4.69, 9.17) is 0 Å². The van der Waals surface area contributed by atoms with Crippen LogP contribution in [0.5, 0.6) is 5.75 Å². The van der Waals surface area contributed by atoms with Crippen molar-refractivity contribution in [3.05, 3.63) is 83.9 Å². The first-order valence-corrected chi connectivity index (χ1v) is 8.84. The third-order valence-electron chi connectivity index (χ3n) is 3.73. The van der Waals surface area contributed by atoms with Crippen LogP contribution < -0.4 is 0 Å². The predicted octanol–water partition coefficient (Wildman–Crippen LogP) is 5.40. The summed E-state index contributed by atoms with van der Waals surface area (Å²) in [4.78, 5) is 14.0. The molecule has 0 heterocycles. The molecule has 0 fully saturated rings. The third-order valence-corrected chi connectivity index (χ3v) is 4.66. The van der Waals surface area contributed by atoms with Crippen LogP contribution in [-0.2, 0) is 0 Å². The molecule has 0 aliphatic heterocycles. The van der Waals surface area contributed by atoms with E-state index >= 15 is 0 Å². The molecule has 0 aliphatic carbocycles. The van der Waals surface area contributed by atoms with Crippen molar-refractivity contribution in [2.45, 2.75) is 11.8 Å². The molecule has 24 heavy (non-hydrogen) atoms. The summed E-state index contributed by atoms with van der Waals surface area (Å²) in [5.74, 6) is 0.979. The lowest BCUT2D eigenvalue weighted by Gasteiger charge is -2.15. The molecule has 0 aliphatic rings. The fourth-order valence-corrected chi connectivity index (χ4v) is 3.55. The van der Waals surface area contributed by atoms with E-state index in [9.17, 15) is 9.90 Å². The van der Waals surface area contributed by atoms with E-state index in [1.165, 1.54) is 0 Å².